The molecule has 96 valence electrons. The third-order valence-corrected chi connectivity index (χ3v) is 5.39. The monoisotopic (exact) mass is 336 g/mol. The van der Waals surface area contributed by atoms with Gasteiger partial charge in [0.25, 0.3) is 0 Å². The Morgan fingerprint density at radius 2 is 1.25 bits per heavy atom. The van der Waals surface area contributed by atoms with E-state index in [1.165, 1.54) is 0 Å². The molecule has 20 heavy (non-hydrogen) atoms. The first-order valence-electron chi connectivity index (χ1n) is 5.19. The summed E-state index contributed by atoms with van der Waals surface area (Å²) in [5.41, 5.74) is 1.20. The molecule has 0 spiro atoms. The first-order chi connectivity index (χ1) is 9.62. The van der Waals surface area contributed by atoms with Gasteiger partial charge in [0.15, 0.2) is 0 Å². The molecule has 0 amide bonds. The Morgan fingerprint density at radius 1 is 0.850 bits per heavy atom. The van der Waals surface area contributed by atoms with Crippen LogP contribution in [0.15, 0.2) is 32.0 Å². The van der Waals surface area contributed by atoms with Crippen molar-refractivity contribution in [1.82, 2.24) is 9.97 Å². The van der Waals surface area contributed by atoms with Gasteiger partial charge in [-0.3, -0.25) is 0 Å². The van der Waals surface area contributed by atoms with E-state index >= 15 is 0 Å². The minimum absolute atomic E-state index is 0.332. The lowest BCUT2D eigenvalue weighted by molar-refractivity contribution is 0.972. The summed E-state index contributed by atoms with van der Waals surface area (Å²) in [6, 6.07) is 7.26. The summed E-state index contributed by atoms with van der Waals surface area (Å²) in [5, 5.41) is 20.0. The summed E-state index contributed by atoms with van der Waals surface area (Å²) in [6.45, 7) is 0. The lowest BCUT2D eigenvalue weighted by Crippen LogP contribution is -1.98. The molecule has 1 aliphatic rings. The van der Waals surface area contributed by atoms with Gasteiger partial charge in [-0.15, -0.1) is 0 Å². The summed E-state index contributed by atoms with van der Waals surface area (Å²) < 4.78 is 0. The predicted octanol–water partition coefficient (Wildman–Crippen LogP) is 4.39. The molecule has 8 heteroatoms. The molecule has 2 aromatic rings. The van der Waals surface area contributed by atoms with Gasteiger partial charge in [-0.25, -0.2) is 9.97 Å². The smallest absolute Gasteiger partial charge is 0.135 e. The fraction of sp³-hybridized carbons (Fsp3) is 0. The molecule has 4 nitrogen and oxygen atoms in total. The van der Waals surface area contributed by atoms with E-state index in [0.29, 0.717) is 40.9 Å². The van der Waals surface area contributed by atoms with Crippen molar-refractivity contribution < 1.29 is 0 Å². The molecule has 0 N–H and O–H groups in total. The van der Waals surface area contributed by atoms with Gasteiger partial charge in [-0.1, -0.05) is 46.7 Å². The van der Waals surface area contributed by atoms with E-state index in [-0.39, 0.29) is 0 Å². The molecular weight excluding hydrogens is 335 g/mol. The van der Waals surface area contributed by atoms with Gasteiger partial charge in [0, 0.05) is 0 Å². The molecule has 0 saturated heterocycles. The van der Waals surface area contributed by atoms with E-state index in [1.54, 1.807) is 12.1 Å². The maximum Gasteiger partial charge on any atom is 0.135 e. The number of allylic oxidation sites excluding steroid dienone is 2. The maximum atomic E-state index is 9.03. The van der Waals surface area contributed by atoms with Crippen LogP contribution in [0.3, 0.4) is 0 Å². The normalized spacial score (nSPS) is 13.8. The lowest BCUT2D eigenvalue weighted by atomic mass is 10.3. The van der Waals surface area contributed by atoms with E-state index in [0.717, 1.165) is 23.5 Å². The highest BCUT2D eigenvalue weighted by molar-refractivity contribution is 8.09. The number of hydrogen-bond donors (Lipinski definition) is 0. The number of nitrogens with zero attached hydrogens (tertiary/aromatic N) is 4. The van der Waals surface area contributed by atoms with E-state index < -0.39 is 0 Å². The Kier molecular flexibility index (Phi) is 3.49. The first-order valence-corrected chi connectivity index (χ1v) is 7.58. The molecule has 3 rings (SSSR count). The van der Waals surface area contributed by atoms with Crippen molar-refractivity contribution in [2.75, 3.05) is 0 Å². The number of fused-ring (bicyclic) bond motifs is 2. The Balaban J connectivity index is 2.20. The van der Waals surface area contributed by atoms with Crippen LogP contribution in [-0.2, 0) is 0 Å². The van der Waals surface area contributed by atoms with Crippen LogP contribution in [0.25, 0.3) is 11.0 Å². The van der Waals surface area contributed by atoms with Crippen LogP contribution in [0.4, 0.5) is 0 Å². The highest BCUT2D eigenvalue weighted by Gasteiger charge is 2.23. The number of hydrogen-bond acceptors (Lipinski definition) is 6. The predicted molar refractivity (Wildman–Crippen MR) is 79.5 cm³/mol. The highest BCUT2D eigenvalue weighted by atomic mass is 35.5. The molecule has 2 heterocycles. The Hall–Kier alpha value is -1.44. The zero-order valence-corrected chi connectivity index (χ0v) is 12.7. The average Bonchev–Trinajstić information content (AvgIpc) is 2.45. The maximum absolute atomic E-state index is 9.03. The quantitative estimate of drug-likeness (QED) is 0.710. The van der Waals surface area contributed by atoms with Gasteiger partial charge >= 0.3 is 0 Å². The van der Waals surface area contributed by atoms with Crippen molar-refractivity contribution in [3.63, 3.8) is 0 Å². The van der Waals surface area contributed by atoms with E-state index in [2.05, 4.69) is 9.97 Å². The van der Waals surface area contributed by atoms with Crippen molar-refractivity contribution >= 4 is 57.8 Å². The van der Waals surface area contributed by atoms with Crippen molar-refractivity contribution in [2.24, 2.45) is 0 Å². The van der Waals surface area contributed by atoms with Gasteiger partial charge in [0.05, 0.1) is 21.1 Å². The average molecular weight is 337 g/mol. The van der Waals surface area contributed by atoms with E-state index in [1.807, 2.05) is 12.1 Å². The number of nitriles is 2. The van der Waals surface area contributed by atoms with Gasteiger partial charge in [0.1, 0.15) is 32.0 Å². The zero-order chi connectivity index (χ0) is 14.3. The molecule has 0 unspecified atom stereocenters. The topological polar surface area (TPSA) is 73.4 Å². The molecule has 1 aromatic heterocycles. The first kappa shape index (κ1) is 13.5. The Morgan fingerprint density at radius 3 is 1.60 bits per heavy atom. The van der Waals surface area contributed by atoms with Crippen LogP contribution >= 0.6 is 46.7 Å². The van der Waals surface area contributed by atoms with Crippen LogP contribution in [-0.4, -0.2) is 9.97 Å². The second-order valence-electron chi connectivity index (χ2n) is 3.67. The lowest BCUT2D eigenvalue weighted by Gasteiger charge is -2.13. The summed E-state index contributed by atoms with van der Waals surface area (Å²) in [4.78, 5) is 9.52. The summed E-state index contributed by atoms with van der Waals surface area (Å²) >= 11 is 14.2. The van der Waals surface area contributed by atoms with Crippen molar-refractivity contribution in [1.29, 1.82) is 10.5 Å². The van der Waals surface area contributed by atoms with Gasteiger partial charge in [-0.05, 0) is 12.1 Å². The zero-order valence-electron chi connectivity index (χ0n) is 9.52. The summed E-state index contributed by atoms with van der Waals surface area (Å²) in [7, 11) is 0. The second-order valence-corrected chi connectivity index (χ2v) is 6.49. The molecule has 0 bridgehead atoms. The number of halogens is 2. The SMILES string of the molecule is N#CC1=C(C#N)Sc2nc3cc(Cl)c(Cl)cc3nc2S1. The van der Waals surface area contributed by atoms with E-state index in [4.69, 9.17) is 33.7 Å². The molecule has 1 aromatic carbocycles. The number of thioether (sulfide) groups is 2. The minimum atomic E-state index is 0.332. The Labute approximate surface area is 132 Å². The minimum Gasteiger partial charge on any atom is -0.237 e. The second kappa shape index (κ2) is 5.16. The van der Waals surface area contributed by atoms with Crippen LogP contribution in [0.2, 0.25) is 10.0 Å². The molecule has 0 aliphatic carbocycles. The third-order valence-electron chi connectivity index (χ3n) is 2.45. The molecule has 0 atom stereocenters. The van der Waals surface area contributed by atoms with Crippen LogP contribution < -0.4 is 0 Å². The van der Waals surface area contributed by atoms with Gasteiger partial charge in [-0.2, -0.15) is 10.5 Å². The molecule has 1 aliphatic heterocycles. The van der Waals surface area contributed by atoms with Crippen molar-refractivity contribution in [2.45, 2.75) is 10.1 Å². The van der Waals surface area contributed by atoms with Crippen LogP contribution in [0, 0.1) is 22.7 Å². The highest BCUT2D eigenvalue weighted by Crippen LogP contribution is 2.45. The number of benzene rings is 1. The molecule has 0 saturated carbocycles. The van der Waals surface area contributed by atoms with E-state index in [9.17, 15) is 0 Å². The number of aromatic nitrogens is 2. The summed E-state index contributed by atoms with van der Waals surface area (Å²) in [6.07, 6.45) is 0. The summed E-state index contributed by atoms with van der Waals surface area (Å²) in [5.74, 6) is 0. The van der Waals surface area contributed by atoms with Gasteiger partial charge in [0.2, 0.25) is 0 Å². The largest absolute Gasteiger partial charge is 0.237 e. The molecule has 0 radical (unpaired) electrons. The fourth-order valence-electron chi connectivity index (χ4n) is 1.59. The number of rotatable bonds is 0. The van der Waals surface area contributed by atoms with Crippen LogP contribution in [0.1, 0.15) is 0 Å². The van der Waals surface area contributed by atoms with Crippen molar-refractivity contribution in [3.05, 3.63) is 32.0 Å². The molecular formula is C12H2Cl2N4S2. The standard InChI is InChI=1S/C12H2Cl2N4S2/c13-5-1-7-8(2-6(5)14)18-12-11(17-7)19-9(3-15)10(4-16)20-12/h1-2H. The van der Waals surface area contributed by atoms with Crippen LogP contribution in [0.5, 0.6) is 0 Å². The fourth-order valence-corrected chi connectivity index (χ4v) is 3.71. The third kappa shape index (κ3) is 2.21. The van der Waals surface area contributed by atoms with Gasteiger partial charge < -0.3 is 0 Å². The Bertz CT molecular complexity index is 794. The molecule has 0 fully saturated rings. The van der Waals surface area contributed by atoms with Crippen molar-refractivity contribution in [3.8, 4) is 12.1 Å².